The SMILES string of the molecule is O=C(CSc1nccn1-c1cccc(Cl)c1)Nc1ccccc1OC(F)F. The van der Waals surface area contributed by atoms with Crippen LogP contribution in [0.3, 0.4) is 0 Å². The Bertz CT molecular complexity index is 936. The minimum atomic E-state index is -2.97. The number of benzene rings is 2. The Labute approximate surface area is 163 Å². The van der Waals surface area contributed by atoms with Crippen LogP contribution in [0.2, 0.25) is 5.02 Å². The van der Waals surface area contributed by atoms with Crippen LogP contribution >= 0.6 is 23.4 Å². The molecule has 5 nitrogen and oxygen atoms in total. The molecule has 0 aliphatic rings. The largest absolute Gasteiger partial charge is 0.433 e. The highest BCUT2D eigenvalue weighted by Crippen LogP contribution is 2.27. The van der Waals surface area contributed by atoms with E-state index < -0.39 is 6.61 Å². The minimum Gasteiger partial charge on any atom is -0.433 e. The molecule has 0 unspecified atom stereocenters. The predicted octanol–water partition coefficient (Wildman–Crippen LogP) is 4.86. The molecule has 3 aromatic rings. The second-order valence-corrected chi connectivity index (χ2v) is 6.65. The molecule has 3 rings (SSSR count). The number of nitrogens with zero attached hydrogens (tertiary/aromatic N) is 2. The highest BCUT2D eigenvalue weighted by Gasteiger charge is 2.13. The molecular formula is C18H14ClF2N3O2S. The van der Waals surface area contributed by atoms with Crippen molar-refractivity contribution in [1.29, 1.82) is 0 Å². The number of halogens is 3. The standard InChI is InChI=1S/C18H14ClF2N3O2S/c19-12-4-3-5-13(10-12)24-9-8-22-18(24)27-11-16(25)23-14-6-1-2-7-15(14)26-17(20)21/h1-10,17H,11H2,(H,23,25). The van der Waals surface area contributed by atoms with Crippen molar-refractivity contribution in [1.82, 2.24) is 9.55 Å². The molecule has 2 aromatic carbocycles. The molecule has 0 saturated heterocycles. The molecule has 140 valence electrons. The Hall–Kier alpha value is -2.58. The van der Waals surface area contributed by atoms with Gasteiger partial charge in [-0.05, 0) is 30.3 Å². The summed E-state index contributed by atoms with van der Waals surface area (Å²) in [5.41, 5.74) is 1.00. The quantitative estimate of drug-likeness (QED) is 0.566. The number of anilines is 1. The summed E-state index contributed by atoms with van der Waals surface area (Å²) in [7, 11) is 0. The number of para-hydroxylation sites is 2. The third-order valence-corrected chi connectivity index (χ3v) is 4.60. The van der Waals surface area contributed by atoms with E-state index in [1.807, 2.05) is 12.1 Å². The first-order valence-corrected chi connectivity index (χ1v) is 9.15. The van der Waals surface area contributed by atoms with Gasteiger partial charge in [-0.2, -0.15) is 8.78 Å². The van der Waals surface area contributed by atoms with Gasteiger partial charge < -0.3 is 10.1 Å². The number of amides is 1. The smallest absolute Gasteiger partial charge is 0.387 e. The first-order valence-electron chi connectivity index (χ1n) is 7.78. The summed E-state index contributed by atoms with van der Waals surface area (Å²) >= 11 is 7.22. The molecule has 0 radical (unpaired) electrons. The van der Waals surface area contributed by atoms with Crippen molar-refractivity contribution in [3.8, 4) is 11.4 Å². The maximum Gasteiger partial charge on any atom is 0.387 e. The summed E-state index contributed by atoms with van der Waals surface area (Å²) in [6.45, 7) is -2.97. The van der Waals surface area contributed by atoms with Crippen molar-refractivity contribution in [2.45, 2.75) is 11.8 Å². The van der Waals surface area contributed by atoms with E-state index in [1.165, 1.54) is 23.9 Å². The van der Waals surface area contributed by atoms with Crippen LogP contribution in [0.5, 0.6) is 5.75 Å². The van der Waals surface area contributed by atoms with Gasteiger partial charge in [0.1, 0.15) is 5.75 Å². The van der Waals surface area contributed by atoms with Gasteiger partial charge in [0.2, 0.25) is 5.91 Å². The molecule has 0 aliphatic heterocycles. The van der Waals surface area contributed by atoms with Gasteiger partial charge in [0.25, 0.3) is 0 Å². The van der Waals surface area contributed by atoms with Gasteiger partial charge in [0.05, 0.1) is 11.4 Å². The minimum absolute atomic E-state index is 0.0423. The normalized spacial score (nSPS) is 10.8. The van der Waals surface area contributed by atoms with Crippen LogP contribution in [-0.2, 0) is 4.79 Å². The number of carbonyl (C=O) groups excluding carboxylic acids is 1. The molecule has 9 heteroatoms. The zero-order valence-corrected chi connectivity index (χ0v) is 15.4. The van der Waals surface area contributed by atoms with E-state index in [9.17, 15) is 13.6 Å². The number of aromatic nitrogens is 2. The summed E-state index contributed by atoms with van der Waals surface area (Å²) in [6, 6.07) is 13.3. The Morgan fingerprint density at radius 2 is 2.07 bits per heavy atom. The maximum atomic E-state index is 12.4. The number of hydrogen-bond acceptors (Lipinski definition) is 4. The third-order valence-electron chi connectivity index (χ3n) is 3.40. The van der Waals surface area contributed by atoms with Gasteiger partial charge in [-0.25, -0.2) is 4.98 Å². The zero-order chi connectivity index (χ0) is 19.2. The van der Waals surface area contributed by atoms with Crippen LogP contribution in [0.1, 0.15) is 0 Å². The highest BCUT2D eigenvalue weighted by atomic mass is 35.5. The van der Waals surface area contributed by atoms with E-state index in [0.717, 1.165) is 5.69 Å². The number of rotatable bonds is 7. The van der Waals surface area contributed by atoms with E-state index >= 15 is 0 Å². The molecule has 0 aliphatic carbocycles. The second kappa shape index (κ2) is 8.88. The monoisotopic (exact) mass is 409 g/mol. The molecule has 0 bridgehead atoms. The molecule has 1 amide bonds. The van der Waals surface area contributed by atoms with E-state index in [2.05, 4.69) is 15.0 Å². The van der Waals surface area contributed by atoms with E-state index in [1.54, 1.807) is 41.2 Å². The Balaban J connectivity index is 1.65. The topological polar surface area (TPSA) is 56.2 Å². The lowest BCUT2D eigenvalue weighted by Crippen LogP contribution is -2.16. The number of carbonyl (C=O) groups is 1. The van der Waals surface area contributed by atoms with Gasteiger partial charge in [-0.15, -0.1) is 0 Å². The Kier molecular flexibility index (Phi) is 6.31. The lowest BCUT2D eigenvalue weighted by atomic mass is 10.3. The second-order valence-electron chi connectivity index (χ2n) is 5.27. The lowest BCUT2D eigenvalue weighted by molar-refractivity contribution is -0.113. The summed E-state index contributed by atoms with van der Waals surface area (Å²) in [5.74, 6) is -0.419. The van der Waals surface area contributed by atoms with Crippen LogP contribution in [0.4, 0.5) is 14.5 Å². The van der Waals surface area contributed by atoms with Crippen molar-refractivity contribution in [2.75, 3.05) is 11.1 Å². The number of thioether (sulfide) groups is 1. The maximum absolute atomic E-state index is 12.4. The average molecular weight is 410 g/mol. The van der Waals surface area contributed by atoms with Gasteiger partial charge in [0.15, 0.2) is 5.16 Å². The Morgan fingerprint density at radius 1 is 1.26 bits per heavy atom. The van der Waals surface area contributed by atoms with E-state index in [0.29, 0.717) is 10.2 Å². The fraction of sp³-hybridized carbons (Fsp3) is 0.111. The lowest BCUT2D eigenvalue weighted by Gasteiger charge is -2.12. The van der Waals surface area contributed by atoms with Crippen molar-refractivity contribution >= 4 is 35.0 Å². The highest BCUT2D eigenvalue weighted by molar-refractivity contribution is 7.99. The molecule has 0 fully saturated rings. The molecule has 1 heterocycles. The number of hydrogen-bond donors (Lipinski definition) is 1. The van der Waals surface area contributed by atoms with Crippen LogP contribution in [0, 0.1) is 0 Å². The van der Waals surface area contributed by atoms with E-state index in [4.69, 9.17) is 11.6 Å². The number of imidazole rings is 1. The molecule has 1 N–H and O–H groups in total. The van der Waals surface area contributed by atoms with Gasteiger partial charge in [-0.3, -0.25) is 9.36 Å². The summed E-state index contributed by atoms with van der Waals surface area (Å²) in [4.78, 5) is 16.5. The third kappa shape index (κ3) is 5.21. The first-order chi connectivity index (χ1) is 13.0. The van der Waals surface area contributed by atoms with E-state index in [-0.39, 0.29) is 23.1 Å². The number of ether oxygens (including phenoxy) is 1. The fourth-order valence-corrected chi connectivity index (χ4v) is 3.26. The van der Waals surface area contributed by atoms with Crippen LogP contribution in [0.15, 0.2) is 66.1 Å². The van der Waals surface area contributed by atoms with Crippen molar-refractivity contribution in [3.05, 3.63) is 65.9 Å². The Morgan fingerprint density at radius 3 is 2.85 bits per heavy atom. The van der Waals surface area contributed by atoms with Crippen LogP contribution < -0.4 is 10.1 Å². The molecule has 0 saturated carbocycles. The van der Waals surface area contributed by atoms with Crippen molar-refractivity contribution in [2.24, 2.45) is 0 Å². The zero-order valence-electron chi connectivity index (χ0n) is 13.8. The number of nitrogens with one attached hydrogen (secondary N) is 1. The molecule has 0 spiro atoms. The molecule has 0 atom stereocenters. The summed E-state index contributed by atoms with van der Waals surface area (Å²) in [6.07, 6.45) is 3.38. The predicted molar refractivity (Wildman–Crippen MR) is 101 cm³/mol. The van der Waals surface area contributed by atoms with Crippen LogP contribution in [0.25, 0.3) is 5.69 Å². The van der Waals surface area contributed by atoms with Gasteiger partial charge in [-0.1, -0.05) is 41.6 Å². The average Bonchev–Trinajstić information content (AvgIpc) is 3.10. The first kappa shape index (κ1) is 19.2. The van der Waals surface area contributed by atoms with Crippen LogP contribution in [-0.4, -0.2) is 27.8 Å². The van der Waals surface area contributed by atoms with Crippen molar-refractivity contribution < 1.29 is 18.3 Å². The molecular weight excluding hydrogens is 396 g/mol. The van der Waals surface area contributed by atoms with Gasteiger partial charge in [0, 0.05) is 23.1 Å². The molecule has 27 heavy (non-hydrogen) atoms. The van der Waals surface area contributed by atoms with Gasteiger partial charge >= 0.3 is 6.61 Å². The summed E-state index contributed by atoms with van der Waals surface area (Å²) in [5, 5.41) is 3.76. The van der Waals surface area contributed by atoms with Crippen molar-refractivity contribution in [3.63, 3.8) is 0 Å². The molecule has 1 aromatic heterocycles. The summed E-state index contributed by atoms with van der Waals surface area (Å²) < 4.78 is 31.1. The number of alkyl halides is 2. The fourth-order valence-electron chi connectivity index (χ4n) is 2.30.